The first-order valence-corrected chi connectivity index (χ1v) is 34.7. The van der Waals surface area contributed by atoms with Gasteiger partial charge in [0.15, 0.2) is 0 Å². The highest BCUT2D eigenvalue weighted by Crippen LogP contribution is 2.26. The molecular weight excluding hydrogens is 1260 g/mol. The van der Waals surface area contributed by atoms with Gasteiger partial charge in [0.2, 0.25) is 0 Å². The van der Waals surface area contributed by atoms with E-state index in [4.69, 9.17) is 42.6 Å². The van der Waals surface area contributed by atoms with Crippen LogP contribution in [0.2, 0.25) is 0 Å². The molecule has 0 N–H and O–H groups in total. The third kappa shape index (κ3) is 70.6. The van der Waals surface area contributed by atoms with Crippen molar-refractivity contribution in [3.05, 3.63) is 112 Å². The van der Waals surface area contributed by atoms with E-state index in [9.17, 15) is 43.2 Å². The summed E-state index contributed by atoms with van der Waals surface area (Å²) >= 11 is 0. The lowest BCUT2D eigenvalue weighted by Crippen LogP contribution is -2.32. The van der Waals surface area contributed by atoms with E-state index in [1.54, 1.807) is 20.8 Å². The maximum Gasteiger partial charge on any atom is 0.333 e. The van der Waals surface area contributed by atoms with Gasteiger partial charge in [0.25, 0.3) is 0 Å². The largest absolute Gasteiger partial charge is 0.457 e. The van der Waals surface area contributed by atoms with Crippen LogP contribution in [0.1, 0.15) is 304 Å². The summed E-state index contributed by atoms with van der Waals surface area (Å²) in [7, 11) is 0. The van der Waals surface area contributed by atoms with E-state index >= 15 is 0 Å². The van der Waals surface area contributed by atoms with Gasteiger partial charge in [0.05, 0.1) is 0 Å². The Hall–Kier alpha value is -7.11. The molecule has 18 nitrogen and oxygen atoms in total. The zero-order valence-corrected chi connectivity index (χ0v) is 68.3. The van der Waals surface area contributed by atoms with Gasteiger partial charge in [0.1, 0.15) is 50.4 Å². The molecule has 576 valence electrons. The maximum atomic E-state index is 11.2. The topological polar surface area (TPSA) is 237 Å². The molecule has 18 heteroatoms. The molecule has 0 heterocycles. The first-order chi connectivity index (χ1) is 44.9. The van der Waals surface area contributed by atoms with Crippen LogP contribution in [0, 0.1) is 0 Å². The molecule has 0 rings (SSSR count). The zero-order chi connectivity index (χ0) is 80.6. The molecule has 99 heavy (non-hydrogen) atoms. The van der Waals surface area contributed by atoms with Crippen LogP contribution in [0.3, 0.4) is 0 Å². The summed E-state index contributed by atoms with van der Waals surface area (Å²) in [6.45, 7) is 87.8. The molecule has 0 spiro atoms. The van der Waals surface area contributed by atoms with Crippen LogP contribution in [0.25, 0.3) is 0 Å². The van der Waals surface area contributed by atoms with Crippen molar-refractivity contribution < 1.29 is 85.8 Å². The molecule has 0 aromatic heterocycles. The average molecular weight is 1410 g/mol. The van der Waals surface area contributed by atoms with Crippen molar-refractivity contribution >= 4 is 53.7 Å². The van der Waals surface area contributed by atoms with Crippen molar-refractivity contribution in [3.63, 3.8) is 0 Å². The highest BCUT2D eigenvalue weighted by atomic mass is 16.6. The summed E-state index contributed by atoms with van der Waals surface area (Å²) < 4.78 is 45.9. The van der Waals surface area contributed by atoms with Crippen molar-refractivity contribution in [2.24, 2.45) is 0 Å². The van der Waals surface area contributed by atoms with Crippen LogP contribution in [0.5, 0.6) is 0 Å². The van der Waals surface area contributed by atoms with Gasteiger partial charge in [-0.1, -0.05) is 162 Å². The number of carbonyl (C=O) groups excluding carboxylic acids is 9. The fourth-order valence-electron chi connectivity index (χ4n) is 6.65. The SMILES string of the molecule is C=C(C)C(=O)OC(C)(C)C.C=C(C)C(=O)OC(C)(C)CC.C=C(C)C(=O)OC(C)(CC)CC.C=CC(=O)OC(C)(C)C.C=CC(=O)OC(C)(C)CC.C=CC(=O)OC(C)(C)CCC.C=CC(=O)OC(C)(CC)CC.C=CC(=O)OC(C)(CCC)CCC.C=CC(=O)OC(CC)(CC)CC. The summed E-state index contributed by atoms with van der Waals surface area (Å²) in [5, 5.41) is 0. The van der Waals surface area contributed by atoms with Gasteiger partial charge in [-0.25, -0.2) is 43.2 Å². The van der Waals surface area contributed by atoms with E-state index in [-0.39, 0.29) is 92.9 Å². The minimum atomic E-state index is -0.407. The lowest BCUT2D eigenvalue weighted by molar-refractivity contribution is -0.155. The number of hydrogen-bond donors (Lipinski definition) is 0. The molecule has 0 unspecified atom stereocenters. The first kappa shape index (κ1) is 110. The van der Waals surface area contributed by atoms with E-state index in [0.29, 0.717) is 16.7 Å². The highest BCUT2D eigenvalue weighted by molar-refractivity contribution is 5.88. The monoisotopic (exact) mass is 1410 g/mol. The Morgan fingerprint density at radius 1 is 0.263 bits per heavy atom. The average Bonchev–Trinajstić information content (AvgIpc) is 0.939. The van der Waals surface area contributed by atoms with Crippen molar-refractivity contribution in [1.29, 1.82) is 0 Å². The van der Waals surface area contributed by atoms with E-state index in [0.717, 1.165) is 102 Å². The van der Waals surface area contributed by atoms with Gasteiger partial charge >= 0.3 is 53.7 Å². The Kier molecular flexibility index (Phi) is 64.3. The third-order valence-electron chi connectivity index (χ3n) is 14.4. The molecule has 0 saturated carbocycles. The molecule has 0 bridgehead atoms. The molecule has 0 amide bonds. The Morgan fingerprint density at radius 2 is 0.495 bits per heavy atom. The molecule has 0 aliphatic carbocycles. The molecule has 0 radical (unpaired) electrons. The summed E-state index contributed by atoms with van der Waals surface area (Å²) in [6.07, 6.45) is 20.5. The van der Waals surface area contributed by atoms with E-state index in [2.05, 4.69) is 80.0 Å². The first-order valence-electron chi connectivity index (χ1n) is 34.7. The lowest BCUT2D eigenvalue weighted by Gasteiger charge is -2.29. The van der Waals surface area contributed by atoms with Crippen molar-refractivity contribution in [1.82, 2.24) is 0 Å². The number of hydrogen-bond acceptors (Lipinski definition) is 18. The summed E-state index contributed by atoms with van der Waals surface area (Å²) in [5.74, 6) is -2.97. The number of esters is 9. The van der Waals surface area contributed by atoms with E-state index in [1.807, 2.05) is 166 Å². The van der Waals surface area contributed by atoms with Crippen molar-refractivity contribution in [2.75, 3.05) is 0 Å². The molecule has 0 saturated heterocycles. The molecule has 0 fully saturated rings. The van der Waals surface area contributed by atoms with Crippen LogP contribution >= 0.6 is 0 Å². The highest BCUT2D eigenvalue weighted by Gasteiger charge is 2.29. The zero-order valence-electron chi connectivity index (χ0n) is 68.3. The second-order valence-electron chi connectivity index (χ2n) is 27.7. The normalized spacial score (nSPS) is 10.8. The molecule has 0 aliphatic rings. The van der Waals surface area contributed by atoms with Gasteiger partial charge in [-0.15, -0.1) is 0 Å². The second-order valence-corrected chi connectivity index (χ2v) is 27.7. The van der Waals surface area contributed by atoms with Gasteiger partial charge in [-0.2, -0.15) is 0 Å². The van der Waals surface area contributed by atoms with Gasteiger partial charge in [0, 0.05) is 53.2 Å². The Morgan fingerprint density at radius 3 is 0.727 bits per heavy atom. The predicted molar refractivity (Wildman–Crippen MR) is 407 cm³/mol. The summed E-state index contributed by atoms with van der Waals surface area (Å²) in [4.78, 5) is 97.7. The summed E-state index contributed by atoms with van der Waals surface area (Å²) in [5.41, 5.74) is -1.73. The molecular formula is C81H144O18. The molecule has 0 aliphatic heterocycles. The molecule has 0 atom stereocenters. The van der Waals surface area contributed by atoms with Crippen LogP contribution in [-0.4, -0.2) is 104 Å². The van der Waals surface area contributed by atoms with Crippen molar-refractivity contribution in [2.45, 2.75) is 354 Å². The van der Waals surface area contributed by atoms with Crippen LogP contribution in [0.15, 0.2) is 112 Å². The summed E-state index contributed by atoms with van der Waals surface area (Å²) in [6, 6.07) is 0. The number of ether oxygens (including phenoxy) is 9. The second kappa shape index (κ2) is 57.6. The van der Waals surface area contributed by atoms with E-state index in [1.165, 1.54) is 30.4 Å². The number of rotatable bonds is 31. The smallest absolute Gasteiger partial charge is 0.333 e. The van der Waals surface area contributed by atoms with Crippen LogP contribution in [-0.2, 0) is 85.8 Å². The van der Waals surface area contributed by atoms with Gasteiger partial charge in [-0.3, -0.25) is 0 Å². The standard InChI is InChI=1S/C11H20O2.2C10H18O2.3C9H16O2.2C8H14O2.C7H12O2/c1-5-8-11(4,9-6-2)13-10(12)7-3;1-6-10(5,7-2)12-9(11)8(3)4;1-5-9(11)12-10(6-2,7-3)8-4;1-6-9(4,5)11-8(10)7(2)3;1-5-7-9(3,4)11-8(10)6-2;1-5-8(10)11-9(4,6-2)7-3;1-6(2)7(9)10-8(3,4)5;1-5-7(9)10-8(3,4)6-2;1-5-6(8)9-7(2,3)4/h7H,3,5-6,8-9H2,1-2,4H3;3,6-7H2,1-2,4-5H3;5H,1,6-8H2,2-4H3;2,6H2,1,3-5H3;6H,2,5,7H2,1,3-4H3;5H,1,6-7H2,2-4H3;1H2,2-5H3;5H,1,6H2,2-4H3;5H,1H2,2-4H3. The van der Waals surface area contributed by atoms with Gasteiger partial charge in [-0.05, 0) is 202 Å². The Balaban J connectivity index is -0.000000132. The Bertz CT molecular complexity index is 2430. The van der Waals surface area contributed by atoms with Crippen LogP contribution < -0.4 is 0 Å². The van der Waals surface area contributed by atoms with Crippen LogP contribution in [0.4, 0.5) is 0 Å². The number of carbonyl (C=O) groups is 9. The third-order valence-corrected chi connectivity index (χ3v) is 14.4. The maximum absolute atomic E-state index is 11.2. The lowest BCUT2D eigenvalue weighted by atomic mass is 9.94. The fourth-order valence-corrected chi connectivity index (χ4v) is 6.65. The molecule has 0 aromatic carbocycles. The predicted octanol–water partition coefficient (Wildman–Crippen LogP) is 20.6. The minimum absolute atomic E-state index is 0.273. The minimum Gasteiger partial charge on any atom is -0.457 e. The van der Waals surface area contributed by atoms with E-state index < -0.39 is 11.2 Å². The molecule has 0 aromatic rings. The Labute approximate surface area is 603 Å². The quantitative estimate of drug-likeness (QED) is 0.0356. The van der Waals surface area contributed by atoms with Gasteiger partial charge < -0.3 is 42.6 Å². The van der Waals surface area contributed by atoms with Crippen molar-refractivity contribution in [3.8, 4) is 0 Å². The fraction of sp³-hybridized carbons (Fsp3) is 0.667.